The van der Waals surface area contributed by atoms with Crippen LogP contribution in [-0.4, -0.2) is 23.8 Å². The van der Waals surface area contributed by atoms with E-state index < -0.39 is 12.1 Å². The summed E-state index contributed by atoms with van der Waals surface area (Å²) in [6.07, 6.45) is 1.16. The maximum atomic E-state index is 11.0. The van der Waals surface area contributed by atoms with Crippen molar-refractivity contribution >= 4 is 27.5 Å². The van der Waals surface area contributed by atoms with Crippen LogP contribution in [0.4, 0.5) is 0 Å². The van der Waals surface area contributed by atoms with E-state index in [1.165, 1.54) is 6.92 Å². The average molecular weight is 467 g/mol. The van der Waals surface area contributed by atoms with Gasteiger partial charge in [-0.1, -0.05) is 58.4 Å². The Kier molecular flexibility index (Phi) is 7.31. The third-order valence-electron chi connectivity index (χ3n) is 4.58. The van der Waals surface area contributed by atoms with Crippen molar-refractivity contribution in [3.05, 3.63) is 100 Å². The van der Waals surface area contributed by atoms with E-state index in [1.54, 1.807) is 12.1 Å². The second-order valence-corrected chi connectivity index (χ2v) is 7.74. The van der Waals surface area contributed by atoms with Crippen molar-refractivity contribution in [2.75, 3.05) is 6.61 Å². The lowest BCUT2D eigenvalue weighted by molar-refractivity contribution is -0.144. The predicted octanol–water partition coefficient (Wildman–Crippen LogP) is 6.12. The summed E-state index contributed by atoms with van der Waals surface area (Å²) in [5.41, 5.74) is 4.14. The third-order valence-corrected chi connectivity index (χ3v) is 5.10. The number of carboxylic acids is 1. The van der Waals surface area contributed by atoms with Crippen LogP contribution in [0.15, 0.2) is 83.3 Å². The minimum atomic E-state index is -0.999. The molecule has 5 heteroatoms. The molecule has 0 fully saturated rings. The van der Waals surface area contributed by atoms with E-state index in [2.05, 4.69) is 46.3 Å². The van der Waals surface area contributed by atoms with E-state index in [0.717, 1.165) is 26.7 Å². The van der Waals surface area contributed by atoms with Gasteiger partial charge in [-0.2, -0.15) is 0 Å². The summed E-state index contributed by atoms with van der Waals surface area (Å²) in [7, 11) is 0. The first kappa shape index (κ1) is 21.7. The van der Waals surface area contributed by atoms with E-state index in [9.17, 15) is 4.79 Å². The van der Waals surface area contributed by atoms with Gasteiger partial charge in [-0.25, -0.2) is 4.79 Å². The van der Waals surface area contributed by atoms with Crippen LogP contribution < -0.4 is 9.47 Å². The number of carbonyl (C=O) groups is 1. The fraction of sp³-hybridized carbons (Fsp3) is 0.160. The van der Waals surface area contributed by atoms with Crippen LogP contribution in [0.25, 0.3) is 5.57 Å². The number of hydrogen-bond donors (Lipinski definition) is 1. The van der Waals surface area contributed by atoms with Gasteiger partial charge in [0.25, 0.3) is 0 Å². The molecule has 3 aromatic rings. The largest absolute Gasteiger partial charge is 0.489 e. The zero-order valence-electron chi connectivity index (χ0n) is 16.8. The third kappa shape index (κ3) is 5.74. The highest BCUT2D eigenvalue weighted by Gasteiger charge is 2.14. The van der Waals surface area contributed by atoms with Crippen molar-refractivity contribution in [3.8, 4) is 11.5 Å². The summed E-state index contributed by atoms with van der Waals surface area (Å²) in [4.78, 5) is 11.0. The molecule has 0 saturated heterocycles. The Morgan fingerprint density at radius 1 is 1.03 bits per heavy atom. The first-order valence-electron chi connectivity index (χ1n) is 9.58. The SMILES string of the molecule is Cc1cc(OC/C=C(\c2ccccc2)c2ccc(Br)cc2)ccc1OC(C)C(=O)O. The first-order chi connectivity index (χ1) is 14.4. The predicted molar refractivity (Wildman–Crippen MR) is 122 cm³/mol. The Morgan fingerprint density at radius 2 is 1.70 bits per heavy atom. The quantitative estimate of drug-likeness (QED) is 0.434. The van der Waals surface area contributed by atoms with Crippen molar-refractivity contribution in [3.63, 3.8) is 0 Å². The normalized spacial score (nSPS) is 12.3. The van der Waals surface area contributed by atoms with Crippen LogP contribution in [0, 0.1) is 6.92 Å². The van der Waals surface area contributed by atoms with E-state index in [0.29, 0.717) is 18.1 Å². The summed E-state index contributed by atoms with van der Waals surface area (Å²) in [6.45, 7) is 3.76. The molecular weight excluding hydrogens is 444 g/mol. The molecule has 0 aromatic heterocycles. The molecule has 0 aliphatic rings. The summed E-state index contributed by atoms with van der Waals surface area (Å²) in [6, 6.07) is 23.7. The molecule has 3 rings (SSSR count). The van der Waals surface area contributed by atoms with Crippen molar-refractivity contribution < 1.29 is 19.4 Å². The maximum absolute atomic E-state index is 11.0. The Balaban J connectivity index is 1.76. The fourth-order valence-corrected chi connectivity index (χ4v) is 3.22. The van der Waals surface area contributed by atoms with Crippen LogP contribution in [0.1, 0.15) is 23.6 Å². The van der Waals surface area contributed by atoms with Crippen molar-refractivity contribution in [2.45, 2.75) is 20.0 Å². The number of halogens is 1. The zero-order valence-corrected chi connectivity index (χ0v) is 18.4. The van der Waals surface area contributed by atoms with Crippen molar-refractivity contribution in [1.82, 2.24) is 0 Å². The molecule has 0 heterocycles. The minimum absolute atomic E-state index is 0.394. The van der Waals surface area contributed by atoms with Crippen molar-refractivity contribution in [1.29, 1.82) is 0 Å². The van der Waals surface area contributed by atoms with Gasteiger partial charge in [0.2, 0.25) is 0 Å². The highest BCUT2D eigenvalue weighted by atomic mass is 79.9. The average Bonchev–Trinajstić information content (AvgIpc) is 2.74. The van der Waals surface area contributed by atoms with Gasteiger partial charge in [0.1, 0.15) is 18.1 Å². The maximum Gasteiger partial charge on any atom is 0.344 e. The van der Waals surface area contributed by atoms with Gasteiger partial charge in [-0.05, 0) is 72.5 Å². The van der Waals surface area contributed by atoms with E-state index in [4.69, 9.17) is 14.6 Å². The molecule has 0 aliphatic carbocycles. The number of ether oxygens (including phenoxy) is 2. The first-order valence-corrected chi connectivity index (χ1v) is 10.4. The molecule has 0 spiro atoms. The van der Waals surface area contributed by atoms with Gasteiger partial charge in [-0.3, -0.25) is 0 Å². The number of benzene rings is 3. The smallest absolute Gasteiger partial charge is 0.344 e. The molecular formula is C25H23BrO4. The minimum Gasteiger partial charge on any atom is -0.489 e. The second kappa shape index (κ2) is 10.1. The lowest BCUT2D eigenvalue weighted by Gasteiger charge is -2.14. The molecule has 0 saturated carbocycles. The van der Waals surface area contributed by atoms with Crippen LogP contribution in [0.5, 0.6) is 11.5 Å². The van der Waals surface area contributed by atoms with Crippen molar-refractivity contribution in [2.24, 2.45) is 0 Å². The molecule has 1 atom stereocenters. The number of carboxylic acid groups (broad SMARTS) is 1. The van der Waals surface area contributed by atoms with Crippen LogP contribution >= 0.6 is 15.9 Å². The lowest BCUT2D eigenvalue weighted by Crippen LogP contribution is -2.23. The standard InChI is InChI=1S/C25H23BrO4/c1-17-16-22(12-13-24(17)30-18(2)25(27)28)29-15-14-23(19-6-4-3-5-7-19)20-8-10-21(26)11-9-20/h3-14,16,18H,15H2,1-2H3,(H,27,28)/b23-14+. The summed E-state index contributed by atoms with van der Waals surface area (Å²) >= 11 is 3.48. The topological polar surface area (TPSA) is 55.8 Å². The zero-order chi connectivity index (χ0) is 21.5. The Labute approximate surface area is 184 Å². The Morgan fingerprint density at radius 3 is 2.33 bits per heavy atom. The van der Waals surface area contributed by atoms with Gasteiger partial charge >= 0.3 is 5.97 Å². The number of aryl methyl sites for hydroxylation is 1. The second-order valence-electron chi connectivity index (χ2n) is 6.83. The number of aliphatic carboxylic acids is 1. The van der Waals surface area contributed by atoms with Crippen LogP contribution in [0.3, 0.4) is 0 Å². The molecule has 3 aromatic carbocycles. The van der Waals surface area contributed by atoms with Gasteiger partial charge in [0.05, 0.1) is 0 Å². The Hall–Kier alpha value is -3.05. The van der Waals surface area contributed by atoms with E-state index in [-0.39, 0.29) is 0 Å². The highest BCUT2D eigenvalue weighted by molar-refractivity contribution is 9.10. The van der Waals surface area contributed by atoms with Gasteiger partial charge in [0.15, 0.2) is 6.10 Å². The van der Waals surface area contributed by atoms with E-state index in [1.807, 2.05) is 43.3 Å². The highest BCUT2D eigenvalue weighted by Crippen LogP contribution is 2.27. The number of hydrogen-bond acceptors (Lipinski definition) is 3. The summed E-state index contributed by atoms with van der Waals surface area (Å²) < 4.78 is 12.4. The van der Waals surface area contributed by atoms with Gasteiger partial charge in [0, 0.05) is 4.47 Å². The summed E-state index contributed by atoms with van der Waals surface area (Å²) in [5.74, 6) is 0.233. The Bertz CT molecular complexity index is 1030. The van der Waals surface area contributed by atoms with Crippen LogP contribution in [-0.2, 0) is 4.79 Å². The van der Waals surface area contributed by atoms with Crippen LogP contribution in [0.2, 0.25) is 0 Å². The molecule has 30 heavy (non-hydrogen) atoms. The molecule has 1 unspecified atom stereocenters. The number of rotatable bonds is 8. The summed E-state index contributed by atoms with van der Waals surface area (Å²) in [5, 5.41) is 9.00. The molecule has 0 amide bonds. The monoisotopic (exact) mass is 466 g/mol. The molecule has 0 radical (unpaired) electrons. The molecule has 0 aliphatic heterocycles. The molecule has 0 bridgehead atoms. The van der Waals surface area contributed by atoms with E-state index >= 15 is 0 Å². The lowest BCUT2D eigenvalue weighted by atomic mass is 9.98. The molecule has 4 nitrogen and oxygen atoms in total. The fourth-order valence-electron chi connectivity index (χ4n) is 2.96. The van der Waals surface area contributed by atoms with Gasteiger partial charge in [-0.15, -0.1) is 0 Å². The molecule has 1 N–H and O–H groups in total. The molecule has 154 valence electrons. The van der Waals surface area contributed by atoms with Gasteiger partial charge < -0.3 is 14.6 Å².